The Morgan fingerprint density at radius 3 is 1.38 bits per heavy atom. The summed E-state index contributed by atoms with van der Waals surface area (Å²) in [5.74, 6) is -0.642. The molecule has 1 aliphatic carbocycles. The van der Waals surface area contributed by atoms with Gasteiger partial charge >= 0.3 is 0 Å². The van der Waals surface area contributed by atoms with Crippen molar-refractivity contribution < 1.29 is 11.6 Å². The van der Waals surface area contributed by atoms with Gasteiger partial charge in [-0.05, 0) is 58.7 Å². The van der Waals surface area contributed by atoms with E-state index in [4.69, 9.17) is 0 Å². The maximum absolute atomic E-state index is 11.6. The molecule has 0 spiro atoms. The van der Waals surface area contributed by atoms with Crippen LogP contribution in [0, 0.1) is 11.8 Å². The molecule has 218 valence electrons. The van der Waals surface area contributed by atoms with Gasteiger partial charge in [0, 0.05) is 60.0 Å². The summed E-state index contributed by atoms with van der Waals surface area (Å²) in [7, 11) is 0. The van der Waals surface area contributed by atoms with Crippen molar-refractivity contribution in [1.82, 2.24) is 0 Å². The minimum Gasteiger partial charge on any atom is -0.392 e. The molecule has 2 N–H and O–H groups in total. The van der Waals surface area contributed by atoms with Gasteiger partial charge in [0.25, 0.3) is 0 Å². The fraction of sp³-hybridized carbons (Fsp3) is 0.368. The molecule has 0 radical (unpaired) electrons. The quantitative estimate of drug-likeness (QED) is 0.266. The van der Waals surface area contributed by atoms with E-state index in [0.29, 0.717) is 0 Å². The molecule has 0 atom stereocenters. The fourth-order valence-corrected chi connectivity index (χ4v) is 8.28. The predicted octanol–water partition coefficient (Wildman–Crippen LogP) is 7.91. The van der Waals surface area contributed by atoms with Crippen LogP contribution in [0.4, 0.5) is 11.4 Å². The summed E-state index contributed by atoms with van der Waals surface area (Å²) >= 11 is 0. The van der Waals surface area contributed by atoms with E-state index in [2.05, 4.69) is 136 Å². The van der Waals surface area contributed by atoms with Crippen LogP contribution in [0.15, 0.2) is 96.3 Å². The SMILES string of the molecule is CCN1/C(=C/C2C(O)C(/C=C3/N(CC)c4ccc5ccccc5c4C3(C)C)C2O)C(C)(C)c2c1ccc1ccccc21.[HH]. The molecule has 0 saturated heterocycles. The standard InChI is InChI=1S/C38H42N2O2.H2/c1-7-39-29-19-17-23-13-9-11-15-25(23)33(29)37(3,4)31(39)21-27-35(41)28(36(27)42)22-32-38(5,6)34-26-16-12-10-14-24(26)18-20-30(34)40(32)8-2;/h9-22,27-28,35-36,41-42H,7-8H2,1-6H3;1H/b31-21+,32-22+;. The lowest BCUT2D eigenvalue weighted by Crippen LogP contribution is -2.54. The topological polar surface area (TPSA) is 46.9 Å². The molecule has 42 heavy (non-hydrogen) atoms. The van der Waals surface area contributed by atoms with E-state index in [-0.39, 0.29) is 24.1 Å². The first kappa shape index (κ1) is 27.2. The molecule has 3 aliphatic rings. The van der Waals surface area contributed by atoms with Crippen molar-refractivity contribution >= 4 is 32.9 Å². The number of rotatable bonds is 4. The number of fused-ring (bicyclic) bond motifs is 6. The van der Waals surface area contributed by atoms with Gasteiger partial charge in [-0.25, -0.2) is 0 Å². The largest absolute Gasteiger partial charge is 0.392 e. The number of hydrogen-bond donors (Lipinski definition) is 2. The van der Waals surface area contributed by atoms with Gasteiger partial charge in [-0.2, -0.15) is 0 Å². The minimum atomic E-state index is -0.648. The minimum absolute atomic E-state index is 0. The van der Waals surface area contributed by atoms with E-state index in [1.165, 1.54) is 55.4 Å². The van der Waals surface area contributed by atoms with Crippen molar-refractivity contribution in [3.8, 4) is 0 Å². The van der Waals surface area contributed by atoms with Gasteiger partial charge in [-0.1, -0.05) is 101 Å². The third kappa shape index (κ3) is 3.61. The Morgan fingerprint density at radius 2 is 1.00 bits per heavy atom. The molecule has 0 aromatic heterocycles. The molecule has 0 bridgehead atoms. The van der Waals surface area contributed by atoms with Crippen LogP contribution in [0.1, 0.15) is 54.1 Å². The monoisotopic (exact) mass is 560 g/mol. The highest BCUT2D eigenvalue weighted by Gasteiger charge is 2.51. The molecule has 4 aromatic carbocycles. The first-order chi connectivity index (χ1) is 20.1. The Hall–Kier alpha value is -3.60. The molecule has 4 heteroatoms. The number of anilines is 2. The van der Waals surface area contributed by atoms with Gasteiger partial charge in [0.2, 0.25) is 0 Å². The van der Waals surface area contributed by atoms with Crippen LogP contribution in [-0.4, -0.2) is 35.5 Å². The number of nitrogens with zero attached hydrogens (tertiary/aromatic N) is 2. The summed E-state index contributed by atoms with van der Waals surface area (Å²) in [6.45, 7) is 15.1. The lowest BCUT2D eigenvalue weighted by molar-refractivity contribution is -0.111. The molecule has 7 rings (SSSR count). The maximum Gasteiger partial charge on any atom is 0.0716 e. The number of aliphatic hydroxyl groups excluding tert-OH is 2. The maximum atomic E-state index is 11.6. The fourth-order valence-electron chi connectivity index (χ4n) is 8.28. The second-order valence-electron chi connectivity index (χ2n) is 13.3. The third-order valence-corrected chi connectivity index (χ3v) is 10.4. The molecular weight excluding hydrogens is 516 g/mol. The van der Waals surface area contributed by atoms with Crippen LogP contribution in [0.5, 0.6) is 0 Å². The first-order valence-electron chi connectivity index (χ1n) is 15.5. The van der Waals surface area contributed by atoms with Crippen LogP contribution in [0.3, 0.4) is 0 Å². The molecule has 1 fully saturated rings. The highest BCUT2D eigenvalue weighted by molar-refractivity contribution is 5.96. The summed E-state index contributed by atoms with van der Waals surface area (Å²) in [5, 5.41) is 28.2. The zero-order valence-corrected chi connectivity index (χ0v) is 25.6. The molecule has 4 nitrogen and oxygen atoms in total. The summed E-state index contributed by atoms with van der Waals surface area (Å²) in [6, 6.07) is 26.0. The van der Waals surface area contributed by atoms with Crippen LogP contribution in [0.2, 0.25) is 0 Å². The lowest BCUT2D eigenvalue weighted by atomic mass is 9.66. The van der Waals surface area contributed by atoms with Crippen molar-refractivity contribution in [2.45, 2.75) is 64.6 Å². The van der Waals surface area contributed by atoms with Gasteiger partial charge in [-0.3, -0.25) is 0 Å². The zero-order chi connectivity index (χ0) is 29.6. The summed E-state index contributed by atoms with van der Waals surface area (Å²) in [6.07, 6.45) is 3.04. The van der Waals surface area contributed by atoms with Crippen molar-refractivity contribution in [2.24, 2.45) is 11.8 Å². The Kier molecular flexibility index (Phi) is 6.13. The third-order valence-electron chi connectivity index (χ3n) is 10.4. The van der Waals surface area contributed by atoms with Crippen LogP contribution in [0.25, 0.3) is 21.5 Å². The van der Waals surface area contributed by atoms with Gasteiger partial charge in [0.05, 0.1) is 12.2 Å². The normalized spacial score (nSPS) is 27.6. The number of likely N-dealkylation sites (N-methyl/N-ethyl adjacent to an activating group) is 2. The average Bonchev–Trinajstić information content (AvgIpc) is 3.36. The summed E-state index contributed by atoms with van der Waals surface area (Å²) < 4.78 is 0. The number of allylic oxidation sites excluding steroid dienone is 2. The van der Waals surface area contributed by atoms with Gasteiger partial charge < -0.3 is 20.0 Å². The van der Waals surface area contributed by atoms with E-state index in [1.54, 1.807) is 0 Å². The highest BCUT2D eigenvalue weighted by atomic mass is 16.3. The Morgan fingerprint density at radius 1 is 0.619 bits per heavy atom. The van der Waals surface area contributed by atoms with Crippen LogP contribution >= 0.6 is 0 Å². The molecule has 2 heterocycles. The summed E-state index contributed by atoms with van der Waals surface area (Å²) in [4.78, 5) is 4.74. The zero-order valence-electron chi connectivity index (χ0n) is 25.6. The van der Waals surface area contributed by atoms with Crippen LogP contribution < -0.4 is 9.80 Å². The van der Waals surface area contributed by atoms with Crippen molar-refractivity contribution in [3.63, 3.8) is 0 Å². The van der Waals surface area contributed by atoms with Crippen LogP contribution in [-0.2, 0) is 10.8 Å². The van der Waals surface area contributed by atoms with Crippen molar-refractivity contribution in [1.29, 1.82) is 0 Å². The Bertz CT molecular complexity index is 1650. The van der Waals surface area contributed by atoms with E-state index < -0.39 is 12.2 Å². The molecule has 0 unspecified atom stereocenters. The van der Waals surface area contributed by atoms with Gasteiger partial charge in [0.1, 0.15) is 0 Å². The molecule has 1 saturated carbocycles. The predicted molar refractivity (Wildman–Crippen MR) is 177 cm³/mol. The van der Waals surface area contributed by atoms with E-state index in [0.717, 1.165) is 13.1 Å². The summed E-state index contributed by atoms with van der Waals surface area (Å²) in [5.41, 5.74) is 6.95. The Labute approximate surface area is 251 Å². The number of aliphatic hydroxyl groups is 2. The van der Waals surface area contributed by atoms with Gasteiger partial charge in [-0.15, -0.1) is 0 Å². The van der Waals surface area contributed by atoms with E-state index >= 15 is 0 Å². The molecule has 0 amide bonds. The molecular formula is C38H44N2O2. The van der Waals surface area contributed by atoms with Gasteiger partial charge in [0.15, 0.2) is 0 Å². The average molecular weight is 561 g/mol. The number of benzene rings is 4. The first-order valence-corrected chi connectivity index (χ1v) is 15.5. The number of hydrogen-bond acceptors (Lipinski definition) is 4. The molecule has 2 aliphatic heterocycles. The Balaban J connectivity index is 0.00000329. The smallest absolute Gasteiger partial charge is 0.0716 e. The van der Waals surface area contributed by atoms with Crippen molar-refractivity contribution in [3.05, 3.63) is 107 Å². The van der Waals surface area contributed by atoms with Crippen molar-refractivity contribution in [2.75, 3.05) is 22.9 Å². The molecule has 4 aromatic rings. The second-order valence-corrected chi connectivity index (χ2v) is 13.3. The lowest BCUT2D eigenvalue weighted by Gasteiger charge is -2.46. The highest BCUT2D eigenvalue weighted by Crippen LogP contribution is 2.54. The van der Waals surface area contributed by atoms with E-state index in [9.17, 15) is 10.2 Å². The van der Waals surface area contributed by atoms with E-state index in [1.807, 2.05) is 0 Å². The second kappa shape index (κ2) is 9.45.